The molecular weight excluding hydrogens is 327 g/mol. The molecule has 23 heavy (non-hydrogen) atoms. The van der Waals surface area contributed by atoms with E-state index in [4.69, 9.17) is 0 Å². The molecule has 126 valence electrons. The fourth-order valence-electron chi connectivity index (χ4n) is 3.46. The van der Waals surface area contributed by atoms with E-state index in [0.29, 0.717) is 12.5 Å². The zero-order chi connectivity index (χ0) is 16.0. The van der Waals surface area contributed by atoms with Crippen LogP contribution < -0.4 is 10.0 Å². The van der Waals surface area contributed by atoms with E-state index >= 15 is 0 Å². The molecule has 0 aliphatic heterocycles. The molecule has 1 aromatic heterocycles. The second kappa shape index (κ2) is 6.08. The number of thiophene rings is 1. The Morgan fingerprint density at radius 1 is 1.30 bits per heavy atom. The Morgan fingerprint density at radius 3 is 2.70 bits per heavy atom. The Bertz CT molecular complexity index is 619. The number of halogens is 1. The number of rotatable bonds is 6. The second-order valence-electron chi connectivity index (χ2n) is 7.40. The molecule has 0 aromatic carbocycles. The average Bonchev–Trinajstić information content (AvgIpc) is 2.97. The number of aryl methyl sites for hydroxylation is 1. The molecule has 2 saturated carbocycles. The van der Waals surface area contributed by atoms with Crippen LogP contribution in [0.25, 0.3) is 0 Å². The summed E-state index contributed by atoms with van der Waals surface area (Å²) in [5.74, 6) is -0.0286. The van der Waals surface area contributed by atoms with Gasteiger partial charge in [0.15, 0.2) is 0 Å². The van der Waals surface area contributed by atoms with Crippen molar-refractivity contribution in [2.24, 2.45) is 5.92 Å². The summed E-state index contributed by atoms with van der Waals surface area (Å²) < 4.78 is 17.6. The maximum absolute atomic E-state index is 13.9. The number of alkyl halides is 1. The van der Waals surface area contributed by atoms with Crippen LogP contribution in [0.2, 0.25) is 0 Å². The fourth-order valence-corrected chi connectivity index (χ4v) is 6.00. The molecule has 0 spiro atoms. The minimum atomic E-state index is -1.06. The Hall–Kier alpha value is -0.520. The predicted molar refractivity (Wildman–Crippen MR) is 98.0 cm³/mol. The molecule has 0 bridgehead atoms. The van der Waals surface area contributed by atoms with Crippen LogP contribution >= 0.6 is 23.3 Å². The summed E-state index contributed by atoms with van der Waals surface area (Å²) in [6.45, 7) is 5.78. The first-order valence-electron chi connectivity index (χ1n) is 8.76. The summed E-state index contributed by atoms with van der Waals surface area (Å²) in [6, 6.07) is 0.660. The van der Waals surface area contributed by atoms with Crippen LogP contribution in [0.1, 0.15) is 55.9 Å². The van der Waals surface area contributed by atoms with E-state index in [-0.39, 0.29) is 5.92 Å². The number of nitrogens with one attached hydrogen (secondary N) is 2. The van der Waals surface area contributed by atoms with Crippen molar-refractivity contribution in [1.82, 2.24) is 4.72 Å². The van der Waals surface area contributed by atoms with Gasteiger partial charge in [0.1, 0.15) is 10.7 Å². The molecule has 2 nitrogen and oxygen atoms in total. The lowest BCUT2D eigenvalue weighted by atomic mass is 9.94. The van der Waals surface area contributed by atoms with Crippen molar-refractivity contribution in [1.29, 1.82) is 0 Å². The summed E-state index contributed by atoms with van der Waals surface area (Å²) in [5, 5.41) is 4.65. The van der Waals surface area contributed by atoms with Crippen LogP contribution in [0.4, 0.5) is 9.39 Å². The quantitative estimate of drug-likeness (QED) is 0.666. The molecule has 2 N–H and O–H groups in total. The lowest BCUT2D eigenvalue weighted by Gasteiger charge is -2.26. The summed E-state index contributed by atoms with van der Waals surface area (Å²) >= 11 is 3.65. The SMILES string of the molecule is C=C(Nc1sc2c(c1SNC1CCC1)CCCC2)C1CC1(C)F. The van der Waals surface area contributed by atoms with Gasteiger partial charge in [0, 0.05) is 22.5 Å². The highest BCUT2D eigenvalue weighted by Gasteiger charge is 2.52. The van der Waals surface area contributed by atoms with E-state index in [0.717, 1.165) is 5.70 Å². The summed E-state index contributed by atoms with van der Waals surface area (Å²) in [7, 11) is 0. The first kappa shape index (κ1) is 16.0. The average molecular weight is 353 g/mol. The van der Waals surface area contributed by atoms with Gasteiger partial charge in [-0.05, 0) is 69.4 Å². The maximum Gasteiger partial charge on any atom is 0.117 e. The van der Waals surface area contributed by atoms with Gasteiger partial charge in [-0.25, -0.2) is 4.39 Å². The first-order valence-corrected chi connectivity index (χ1v) is 10.4. The van der Waals surface area contributed by atoms with Crippen LogP contribution in [0.3, 0.4) is 0 Å². The van der Waals surface area contributed by atoms with Gasteiger partial charge in [0.05, 0.1) is 4.90 Å². The summed E-state index contributed by atoms with van der Waals surface area (Å²) in [4.78, 5) is 2.86. The third-order valence-corrected chi connectivity index (χ3v) is 7.86. The van der Waals surface area contributed by atoms with E-state index in [1.54, 1.807) is 18.9 Å². The van der Waals surface area contributed by atoms with Gasteiger partial charge < -0.3 is 5.32 Å². The van der Waals surface area contributed by atoms with E-state index in [1.807, 2.05) is 11.3 Å². The molecule has 0 saturated heterocycles. The Balaban J connectivity index is 1.52. The molecule has 3 aliphatic rings. The van der Waals surface area contributed by atoms with E-state index in [9.17, 15) is 4.39 Å². The number of hydrogen-bond donors (Lipinski definition) is 2. The molecule has 0 radical (unpaired) electrons. The van der Waals surface area contributed by atoms with Crippen LogP contribution in [0, 0.1) is 5.92 Å². The molecule has 1 heterocycles. The number of hydrogen-bond acceptors (Lipinski definition) is 4. The number of allylic oxidation sites excluding steroid dienone is 1. The predicted octanol–water partition coefficient (Wildman–Crippen LogP) is 5.45. The fraction of sp³-hybridized carbons (Fsp3) is 0.667. The monoisotopic (exact) mass is 352 g/mol. The van der Waals surface area contributed by atoms with Crippen molar-refractivity contribution in [3.05, 3.63) is 22.7 Å². The van der Waals surface area contributed by atoms with Crippen molar-refractivity contribution in [3.63, 3.8) is 0 Å². The van der Waals surface area contributed by atoms with Crippen molar-refractivity contribution in [3.8, 4) is 0 Å². The highest BCUT2D eigenvalue weighted by atomic mass is 32.2. The van der Waals surface area contributed by atoms with Crippen LogP contribution in [0.15, 0.2) is 17.2 Å². The van der Waals surface area contributed by atoms with Gasteiger partial charge in [0.25, 0.3) is 0 Å². The number of anilines is 1. The highest BCUT2D eigenvalue weighted by molar-refractivity contribution is 7.97. The Morgan fingerprint density at radius 2 is 2.04 bits per heavy atom. The summed E-state index contributed by atoms with van der Waals surface area (Å²) in [5.41, 5.74) is 1.31. The smallest absolute Gasteiger partial charge is 0.117 e. The van der Waals surface area contributed by atoms with Gasteiger partial charge in [0.2, 0.25) is 0 Å². The number of fused-ring (bicyclic) bond motifs is 1. The van der Waals surface area contributed by atoms with Crippen LogP contribution in [-0.4, -0.2) is 11.7 Å². The van der Waals surface area contributed by atoms with Crippen molar-refractivity contribution in [2.75, 3.05) is 5.32 Å². The van der Waals surface area contributed by atoms with E-state index in [2.05, 4.69) is 16.6 Å². The van der Waals surface area contributed by atoms with Gasteiger partial charge in [-0.3, -0.25) is 4.72 Å². The van der Waals surface area contributed by atoms with Crippen LogP contribution in [-0.2, 0) is 12.8 Å². The maximum atomic E-state index is 13.9. The molecule has 5 heteroatoms. The van der Waals surface area contributed by atoms with Crippen molar-refractivity contribution >= 4 is 28.3 Å². The van der Waals surface area contributed by atoms with Gasteiger partial charge >= 0.3 is 0 Å². The lowest BCUT2D eigenvalue weighted by molar-refractivity contribution is 0.320. The molecule has 2 unspecified atom stereocenters. The highest BCUT2D eigenvalue weighted by Crippen LogP contribution is 2.52. The molecular formula is C18H25FN2S2. The zero-order valence-electron chi connectivity index (χ0n) is 13.7. The molecule has 2 fully saturated rings. The normalized spacial score (nSPS) is 29.7. The molecule has 3 aliphatic carbocycles. The first-order chi connectivity index (χ1) is 11.0. The van der Waals surface area contributed by atoms with Crippen molar-refractivity contribution < 1.29 is 4.39 Å². The third kappa shape index (κ3) is 3.20. The minimum absolute atomic E-state index is 0.0286. The van der Waals surface area contributed by atoms with E-state index < -0.39 is 5.67 Å². The van der Waals surface area contributed by atoms with Crippen LogP contribution in [0.5, 0.6) is 0 Å². The second-order valence-corrected chi connectivity index (χ2v) is 9.36. The molecule has 2 atom stereocenters. The third-order valence-electron chi connectivity index (χ3n) is 5.42. The molecule has 1 aromatic rings. The van der Waals surface area contributed by atoms with Gasteiger partial charge in [-0.15, -0.1) is 11.3 Å². The van der Waals surface area contributed by atoms with Crippen molar-refractivity contribution in [2.45, 2.75) is 74.9 Å². The largest absolute Gasteiger partial charge is 0.350 e. The van der Waals surface area contributed by atoms with E-state index in [1.165, 1.54) is 65.3 Å². The summed E-state index contributed by atoms with van der Waals surface area (Å²) in [6.07, 6.45) is 9.47. The standard InChI is InChI=1S/C18H25FN2S2/c1-11(14-10-18(14,2)19)20-17-16(23-21-12-6-5-7-12)13-8-3-4-9-15(13)22-17/h12,14,20-21H,1,3-10H2,2H3. The lowest BCUT2D eigenvalue weighted by Crippen LogP contribution is -2.30. The Labute approximate surface area is 146 Å². The van der Waals surface area contributed by atoms with Gasteiger partial charge in [-0.1, -0.05) is 13.0 Å². The topological polar surface area (TPSA) is 24.1 Å². The molecule has 4 rings (SSSR count). The zero-order valence-corrected chi connectivity index (χ0v) is 15.3. The Kier molecular flexibility index (Phi) is 4.23. The molecule has 0 amide bonds. The minimum Gasteiger partial charge on any atom is -0.350 e. The van der Waals surface area contributed by atoms with Gasteiger partial charge in [-0.2, -0.15) is 0 Å².